The largest absolute Gasteiger partial charge is 0.508 e. The van der Waals surface area contributed by atoms with Crippen LogP contribution in [0.1, 0.15) is 65.8 Å². The predicted molar refractivity (Wildman–Crippen MR) is 133 cm³/mol. The summed E-state index contributed by atoms with van der Waals surface area (Å²) < 4.78 is 5.25. The number of thiophene rings is 1. The van der Waals surface area contributed by atoms with Crippen molar-refractivity contribution in [3.8, 4) is 5.75 Å². The number of aliphatic hydroxyl groups excluding tert-OH is 1. The second-order valence-corrected chi connectivity index (χ2v) is 9.75. The van der Waals surface area contributed by atoms with Gasteiger partial charge in [0.05, 0.1) is 30.7 Å². The zero-order chi connectivity index (χ0) is 24.2. The van der Waals surface area contributed by atoms with Gasteiger partial charge in [-0.05, 0) is 70.0 Å². The van der Waals surface area contributed by atoms with Crippen molar-refractivity contribution in [2.45, 2.75) is 58.7 Å². The van der Waals surface area contributed by atoms with Gasteiger partial charge in [0, 0.05) is 0 Å². The number of carbonyl (C=O) groups excluding carboxylic acids is 1. The third-order valence-corrected chi connectivity index (χ3v) is 7.35. The van der Waals surface area contributed by atoms with Gasteiger partial charge in [-0.2, -0.15) is 0 Å². The number of hydrogen-bond donors (Lipinski definition) is 3. The lowest BCUT2D eigenvalue weighted by Gasteiger charge is -2.26. The molecule has 3 aromatic rings. The van der Waals surface area contributed by atoms with Gasteiger partial charge in [0.15, 0.2) is 0 Å². The zero-order valence-electron chi connectivity index (χ0n) is 19.9. The van der Waals surface area contributed by atoms with E-state index in [2.05, 4.69) is 10.2 Å². The molecule has 9 heteroatoms. The van der Waals surface area contributed by atoms with Gasteiger partial charge < -0.3 is 20.3 Å². The third kappa shape index (κ3) is 5.32. The number of nitrogens with one attached hydrogen (secondary N) is 1. The Bertz CT molecular complexity index is 1140. The number of likely N-dealkylation sites (tertiary alicyclic amines) is 1. The van der Waals surface area contributed by atoms with Crippen LogP contribution in [0, 0.1) is 6.92 Å². The third-order valence-electron chi connectivity index (χ3n) is 6.18. The van der Waals surface area contributed by atoms with Crippen LogP contribution in [0.4, 0.5) is 5.82 Å². The monoisotopic (exact) mass is 484 g/mol. The summed E-state index contributed by atoms with van der Waals surface area (Å²) in [6.45, 7) is 8.55. The number of phenols is 1. The van der Waals surface area contributed by atoms with Crippen molar-refractivity contribution in [2.24, 2.45) is 0 Å². The number of benzene rings is 1. The molecule has 182 valence electrons. The summed E-state index contributed by atoms with van der Waals surface area (Å²) in [6, 6.07) is 6.13. The van der Waals surface area contributed by atoms with Crippen molar-refractivity contribution < 1.29 is 19.7 Å². The maximum absolute atomic E-state index is 12.5. The van der Waals surface area contributed by atoms with Crippen LogP contribution in [-0.2, 0) is 11.3 Å². The molecule has 3 N–H and O–H groups in total. The first-order chi connectivity index (χ1) is 16.4. The molecule has 0 aliphatic carbocycles. The van der Waals surface area contributed by atoms with Crippen LogP contribution >= 0.6 is 11.3 Å². The van der Waals surface area contributed by atoms with E-state index >= 15 is 0 Å². The number of carbonyl (C=O) groups is 1. The summed E-state index contributed by atoms with van der Waals surface area (Å²) in [4.78, 5) is 25.8. The topological polar surface area (TPSA) is 108 Å². The molecule has 34 heavy (non-hydrogen) atoms. The summed E-state index contributed by atoms with van der Waals surface area (Å²) in [7, 11) is 0. The number of nitrogens with zero attached hydrogens (tertiary/aromatic N) is 3. The molecule has 0 spiro atoms. The van der Waals surface area contributed by atoms with Crippen molar-refractivity contribution >= 4 is 33.3 Å². The lowest BCUT2D eigenvalue weighted by molar-refractivity contribution is 0.0531. The maximum atomic E-state index is 12.5. The van der Waals surface area contributed by atoms with E-state index in [9.17, 15) is 15.0 Å². The molecule has 3 heterocycles. The molecule has 1 saturated heterocycles. The molecule has 0 amide bonds. The van der Waals surface area contributed by atoms with Crippen molar-refractivity contribution in [1.29, 1.82) is 0 Å². The van der Waals surface area contributed by atoms with E-state index < -0.39 is 6.10 Å². The van der Waals surface area contributed by atoms with Crippen molar-refractivity contribution in [2.75, 3.05) is 25.0 Å². The molecule has 1 aliphatic heterocycles. The fourth-order valence-corrected chi connectivity index (χ4v) is 5.42. The molecule has 0 radical (unpaired) electrons. The Labute approximate surface area is 203 Å². The number of esters is 1. The second kappa shape index (κ2) is 10.7. The molecule has 2 aromatic heterocycles. The van der Waals surface area contributed by atoms with E-state index in [1.54, 1.807) is 31.2 Å². The lowest BCUT2D eigenvalue weighted by atomic mass is 10.0. The molecule has 4 rings (SSSR count). The van der Waals surface area contributed by atoms with E-state index in [4.69, 9.17) is 14.7 Å². The number of piperidine rings is 1. The van der Waals surface area contributed by atoms with Gasteiger partial charge in [0.2, 0.25) is 0 Å². The zero-order valence-corrected chi connectivity index (χ0v) is 20.7. The maximum Gasteiger partial charge on any atom is 0.348 e. The normalized spacial score (nSPS) is 16.4. The lowest BCUT2D eigenvalue weighted by Crippen LogP contribution is -2.30. The van der Waals surface area contributed by atoms with Crippen molar-refractivity contribution in [3.63, 3.8) is 0 Å². The Balaban J connectivity index is 1.69. The number of ether oxygens (including phenoxy) is 1. The minimum absolute atomic E-state index is 0.150. The van der Waals surface area contributed by atoms with Gasteiger partial charge in [-0.3, -0.25) is 4.90 Å². The Morgan fingerprint density at radius 2 is 1.91 bits per heavy atom. The van der Waals surface area contributed by atoms with Crippen molar-refractivity contribution in [1.82, 2.24) is 14.9 Å². The Kier molecular flexibility index (Phi) is 7.65. The van der Waals surface area contributed by atoms with Gasteiger partial charge in [-0.25, -0.2) is 14.8 Å². The van der Waals surface area contributed by atoms with Crippen LogP contribution in [0.2, 0.25) is 0 Å². The SMILES string of the molecule is CCOC(=O)c1sc2nc(CN3CCCCC3)nc(N[C@@H](C)[C@@H](O)c3ccc(O)cc3)c2c1C. The number of rotatable bonds is 8. The molecule has 1 aliphatic rings. The summed E-state index contributed by atoms with van der Waals surface area (Å²) in [5.41, 5.74) is 1.46. The highest BCUT2D eigenvalue weighted by Gasteiger charge is 2.25. The van der Waals surface area contributed by atoms with E-state index in [1.165, 1.54) is 30.6 Å². The van der Waals surface area contributed by atoms with Gasteiger partial charge in [0.25, 0.3) is 0 Å². The molecule has 1 fully saturated rings. The molecule has 1 aromatic carbocycles. The first-order valence-corrected chi connectivity index (χ1v) is 12.6. The Morgan fingerprint density at radius 3 is 2.59 bits per heavy atom. The Morgan fingerprint density at radius 1 is 1.21 bits per heavy atom. The Hall–Kier alpha value is -2.75. The van der Waals surface area contributed by atoms with Crippen LogP contribution in [0.3, 0.4) is 0 Å². The first-order valence-electron chi connectivity index (χ1n) is 11.8. The highest BCUT2D eigenvalue weighted by atomic mass is 32.1. The standard InChI is InChI=1S/C25H32N4O4S/c1-4-33-25(32)22-15(2)20-23(26-16(3)21(31)17-8-10-18(30)11-9-17)27-19(28-24(20)34-22)14-29-12-6-5-7-13-29/h8-11,16,21,30-31H,4-7,12-14H2,1-3H3,(H,26,27,28)/t16-,21+/m0/s1. The van der Waals surface area contributed by atoms with Gasteiger partial charge in [-0.15, -0.1) is 11.3 Å². The smallest absolute Gasteiger partial charge is 0.348 e. The van der Waals surface area contributed by atoms with Crippen LogP contribution in [0.25, 0.3) is 10.2 Å². The summed E-state index contributed by atoms with van der Waals surface area (Å²) in [5.74, 6) is 1.09. The quantitative estimate of drug-likeness (QED) is 0.404. The average Bonchev–Trinajstić information content (AvgIpc) is 3.16. The van der Waals surface area contributed by atoms with Crippen LogP contribution in [-0.4, -0.2) is 56.8 Å². The minimum atomic E-state index is -0.820. The number of aromatic nitrogens is 2. The fraction of sp³-hybridized carbons (Fsp3) is 0.480. The van der Waals surface area contributed by atoms with Gasteiger partial charge in [0.1, 0.15) is 27.1 Å². The first kappa shape index (κ1) is 24.4. The highest BCUT2D eigenvalue weighted by molar-refractivity contribution is 7.20. The number of aromatic hydroxyl groups is 1. The number of fused-ring (bicyclic) bond motifs is 1. The molecule has 2 atom stereocenters. The number of aryl methyl sites for hydroxylation is 1. The van der Waals surface area contributed by atoms with Crippen LogP contribution in [0.5, 0.6) is 5.75 Å². The molecular weight excluding hydrogens is 452 g/mol. The molecule has 0 unspecified atom stereocenters. The number of aliphatic hydroxyl groups is 1. The predicted octanol–water partition coefficient (Wildman–Crippen LogP) is 4.40. The number of anilines is 1. The minimum Gasteiger partial charge on any atom is -0.508 e. The van der Waals surface area contributed by atoms with Gasteiger partial charge >= 0.3 is 5.97 Å². The van der Waals surface area contributed by atoms with Crippen LogP contribution < -0.4 is 5.32 Å². The van der Waals surface area contributed by atoms with Crippen molar-refractivity contribution in [3.05, 3.63) is 46.1 Å². The average molecular weight is 485 g/mol. The number of phenolic OH excluding ortho intramolecular Hbond substituents is 1. The summed E-state index contributed by atoms with van der Waals surface area (Å²) in [5, 5.41) is 24.6. The molecular formula is C25H32N4O4S. The van der Waals surface area contributed by atoms with E-state index in [0.717, 1.165) is 28.9 Å². The summed E-state index contributed by atoms with van der Waals surface area (Å²) >= 11 is 1.32. The molecule has 8 nitrogen and oxygen atoms in total. The number of hydrogen-bond acceptors (Lipinski definition) is 9. The van der Waals surface area contributed by atoms with E-state index in [0.29, 0.717) is 35.2 Å². The van der Waals surface area contributed by atoms with Crippen LogP contribution in [0.15, 0.2) is 24.3 Å². The van der Waals surface area contributed by atoms with E-state index in [1.807, 2.05) is 13.8 Å². The highest BCUT2D eigenvalue weighted by Crippen LogP contribution is 2.35. The second-order valence-electron chi connectivity index (χ2n) is 8.75. The van der Waals surface area contributed by atoms with E-state index in [-0.39, 0.29) is 17.8 Å². The fourth-order valence-electron chi connectivity index (χ4n) is 4.32. The molecule has 0 saturated carbocycles. The van der Waals surface area contributed by atoms with Gasteiger partial charge in [-0.1, -0.05) is 18.6 Å². The molecule has 0 bridgehead atoms. The summed E-state index contributed by atoms with van der Waals surface area (Å²) in [6.07, 6.45) is 2.78.